The van der Waals surface area contributed by atoms with E-state index in [9.17, 15) is 4.79 Å². The van der Waals surface area contributed by atoms with E-state index in [1.807, 2.05) is 13.8 Å². The Hall–Kier alpha value is -1.75. The summed E-state index contributed by atoms with van der Waals surface area (Å²) in [5.74, 6) is 1.23. The van der Waals surface area contributed by atoms with Gasteiger partial charge in [-0.2, -0.15) is 0 Å². The molecule has 0 radical (unpaired) electrons. The van der Waals surface area contributed by atoms with Crippen molar-refractivity contribution in [2.75, 3.05) is 26.1 Å². The van der Waals surface area contributed by atoms with Crippen LogP contribution in [0.2, 0.25) is 0 Å². The van der Waals surface area contributed by atoms with Gasteiger partial charge in [0.15, 0.2) is 0 Å². The molecule has 0 fully saturated rings. The molecule has 18 heavy (non-hydrogen) atoms. The first-order chi connectivity index (χ1) is 8.54. The molecule has 0 saturated carbocycles. The number of nitrogens with two attached hydrogens (primary N) is 1. The molecule has 0 aliphatic heterocycles. The number of hydrogen-bond acceptors (Lipinski definition) is 4. The second-order valence-corrected chi connectivity index (χ2v) is 4.00. The van der Waals surface area contributed by atoms with E-state index in [0.717, 1.165) is 16.9 Å². The van der Waals surface area contributed by atoms with Crippen molar-refractivity contribution in [2.24, 2.45) is 5.73 Å². The lowest BCUT2D eigenvalue weighted by Gasteiger charge is -2.17. The summed E-state index contributed by atoms with van der Waals surface area (Å²) in [7, 11) is 3.17. The van der Waals surface area contributed by atoms with Crippen LogP contribution in [0.4, 0.5) is 5.69 Å². The van der Waals surface area contributed by atoms with Gasteiger partial charge in [0, 0.05) is 19.0 Å². The zero-order valence-corrected chi connectivity index (χ0v) is 11.3. The molecule has 0 atom stereocenters. The lowest BCUT2D eigenvalue weighted by atomic mass is 10.1. The van der Waals surface area contributed by atoms with E-state index >= 15 is 0 Å². The molecule has 100 valence electrons. The normalized spacial score (nSPS) is 10.1. The minimum atomic E-state index is -0.138. The van der Waals surface area contributed by atoms with Crippen molar-refractivity contribution in [1.82, 2.24) is 0 Å². The molecule has 0 aromatic heterocycles. The molecule has 5 nitrogen and oxygen atoms in total. The number of amides is 1. The lowest BCUT2D eigenvalue weighted by Crippen LogP contribution is -2.17. The first kappa shape index (κ1) is 14.3. The molecule has 0 aliphatic rings. The van der Waals surface area contributed by atoms with Crippen LogP contribution in [0.3, 0.4) is 0 Å². The topological polar surface area (TPSA) is 73.6 Å². The molecule has 0 heterocycles. The van der Waals surface area contributed by atoms with Gasteiger partial charge in [-0.05, 0) is 25.0 Å². The number of ether oxygens (including phenoxy) is 2. The number of hydrogen-bond donors (Lipinski definition) is 2. The Bertz CT molecular complexity index is 444. The summed E-state index contributed by atoms with van der Waals surface area (Å²) in [5, 5.41) is 2.78. The highest BCUT2D eigenvalue weighted by atomic mass is 16.5. The Morgan fingerprint density at radius 2 is 1.94 bits per heavy atom. The van der Waals surface area contributed by atoms with E-state index in [1.54, 1.807) is 20.3 Å². The molecule has 0 saturated heterocycles. The average molecular weight is 252 g/mol. The molecule has 3 N–H and O–H groups in total. The average Bonchev–Trinajstić information content (AvgIpc) is 2.34. The van der Waals surface area contributed by atoms with Crippen LogP contribution >= 0.6 is 0 Å². The zero-order chi connectivity index (χ0) is 13.7. The smallest absolute Gasteiger partial charge is 0.225 e. The number of nitrogens with one attached hydrogen (secondary N) is 1. The number of benzene rings is 1. The van der Waals surface area contributed by atoms with Gasteiger partial charge in [0.05, 0.1) is 19.9 Å². The third-order valence-corrected chi connectivity index (χ3v) is 2.86. The Balaban J connectivity index is 3.16. The molecule has 0 aliphatic carbocycles. The lowest BCUT2D eigenvalue weighted by molar-refractivity contribution is -0.116. The number of carbonyl (C=O) groups is 1. The summed E-state index contributed by atoms with van der Waals surface area (Å²) in [4.78, 5) is 11.6. The Labute approximate surface area is 107 Å². The van der Waals surface area contributed by atoms with E-state index in [0.29, 0.717) is 18.0 Å². The molecule has 0 spiro atoms. The van der Waals surface area contributed by atoms with Gasteiger partial charge in [-0.15, -0.1) is 0 Å². The highest BCUT2D eigenvalue weighted by Gasteiger charge is 2.15. The fourth-order valence-corrected chi connectivity index (χ4v) is 1.77. The Morgan fingerprint density at radius 1 is 1.28 bits per heavy atom. The molecular weight excluding hydrogens is 232 g/mol. The number of rotatable bonds is 5. The van der Waals surface area contributed by atoms with Crippen molar-refractivity contribution in [3.05, 3.63) is 17.2 Å². The van der Waals surface area contributed by atoms with Crippen molar-refractivity contribution in [2.45, 2.75) is 20.3 Å². The van der Waals surface area contributed by atoms with Crippen LogP contribution in [0, 0.1) is 13.8 Å². The molecular formula is C13H20N2O3. The van der Waals surface area contributed by atoms with Gasteiger partial charge in [-0.25, -0.2) is 0 Å². The molecule has 1 rings (SSSR count). The SMILES string of the molecule is COc1cc(NC(=O)CCN)c(OC)c(C)c1C. The van der Waals surface area contributed by atoms with Crippen LogP contribution in [-0.2, 0) is 4.79 Å². The first-order valence-electron chi connectivity index (χ1n) is 5.77. The number of carbonyl (C=O) groups excluding carboxylic acids is 1. The molecule has 0 unspecified atom stereocenters. The Morgan fingerprint density at radius 3 is 2.44 bits per heavy atom. The van der Waals surface area contributed by atoms with E-state index in [2.05, 4.69) is 5.32 Å². The molecule has 1 aromatic rings. The standard InChI is InChI=1S/C13H20N2O3/c1-8-9(2)13(18-4)10(7-11(8)17-3)15-12(16)5-6-14/h7H,5-6,14H2,1-4H3,(H,15,16). The third kappa shape index (κ3) is 2.92. The number of methoxy groups -OCH3 is 2. The molecule has 1 aromatic carbocycles. The van der Waals surface area contributed by atoms with Gasteiger partial charge in [0.2, 0.25) is 5.91 Å². The minimum Gasteiger partial charge on any atom is -0.496 e. The predicted octanol–water partition coefficient (Wildman–Crippen LogP) is 1.61. The second kappa shape index (κ2) is 6.26. The van der Waals surface area contributed by atoms with E-state index in [4.69, 9.17) is 15.2 Å². The summed E-state index contributed by atoms with van der Waals surface area (Å²) in [6.07, 6.45) is 0.276. The van der Waals surface area contributed by atoms with Crippen LogP contribution in [0.5, 0.6) is 11.5 Å². The van der Waals surface area contributed by atoms with Crippen molar-refractivity contribution >= 4 is 11.6 Å². The third-order valence-electron chi connectivity index (χ3n) is 2.86. The fraction of sp³-hybridized carbons (Fsp3) is 0.462. The van der Waals surface area contributed by atoms with E-state index in [1.165, 1.54) is 0 Å². The second-order valence-electron chi connectivity index (χ2n) is 4.00. The van der Waals surface area contributed by atoms with Gasteiger partial charge in [-0.3, -0.25) is 4.79 Å². The van der Waals surface area contributed by atoms with Gasteiger partial charge in [-0.1, -0.05) is 0 Å². The maximum absolute atomic E-state index is 11.6. The minimum absolute atomic E-state index is 0.138. The quantitative estimate of drug-likeness (QED) is 0.835. The summed E-state index contributed by atoms with van der Waals surface area (Å²) < 4.78 is 10.6. The fourth-order valence-electron chi connectivity index (χ4n) is 1.77. The van der Waals surface area contributed by atoms with Crippen molar-refractivity contribution in [3.8, 4) is 11.5 Å². The van der Waals surface area contributed by atoms with Crippen LogP contribution in [-0.4, -0.2) is 26.7 Å². The van der Waals surface area contributed by atoms with Gasteiger partial charge in [0.1, 0.15) is 11.5 Å². The van der Waals surface area contributed by atoms with Gasteiger partial charge >= 0.3 is 0 Å². The largest absolute Gasteiger partial charge is 0.496 e. The summed E-state index contributed by atoms with van der Waals surface area (Å²) >= 11 is 0. The molecule has 1 amide bonds. The van der Waals surface area contributed by atoms with E-state index in [-0.39, 0.29) is 12.3 Å². The van der Waals surface area contributed by atoms with Gasteiger partial charge < -0.3 is 20.5 Å². The highest BCUT2D eigenvalue weighted by Crippen LogP contribution is 2.36. The molecule has 5 heteroatoms. The van der Waals surface area contributed by atoms with Crippen molar-refractivity contribution < 1.29 is 14.3 Å². The number of anilines is 1. The summed E-state index contributed by atoms with van der Waals surface area (Å²) in [6.45, 7) is 4.19. The van der Waals surface area contributed by atoms with Crippen molar-refractivity contribution in [3.63, 3.8) is 0 Å². The Kier molecular flexibility index (Phi) is 4.97. The monoisotopic (exact) mass is 252 g/mol. The summed E-state index contributed by atoms with van der Waals surface area (Å²) in [6, 6.07) is 1.76. The zero-order valence-electron chi connectivity index (χ0n) is 11.3. The van der Waals surface area contributed by atoms with Crippen LogP contribution < -0.4 is 20.5 Å². The van der Waals surface area contributed by atoms with Gasteiger partial charge in [0.25, 0.3) is 0 Å². The predicted molar refractivity (Wildman–Crippen MR) is 71.3 cm³/mol. The highest BCUT2D eigenvalue weighted by molar-refractivity contribution is 5.93. The van der Waals surface area contributed by atoms with Crippen LogP contribution in [0.15, 0.2) is 6.07 Å². The van der Waals surface area contributed by atoms with Crippen LogP contribution in [0.1, 0.15) is 17.5 Å². The van der Waals surface area contributed by atoms with Crippen molar-refractivity contribution in [1.29, 1.82) is 0 Å². The van der Waals surface area contributed by atoms with Crippen LogP contribution in [0.25, 0.3) is 0 Å². The summed E-state index contributed by atoms with van der Waals surface area (Å²) in [5.41, 5.74) is 7.89. The molecule has 0 bridgehead atoms. The maximum atomic E-state index is 11.6. The first-order valence-corrected chi connectivity index (χ1v) is 5.77. The maximum Gasteiger partial charge on any atom is 0.225 e. The van der Waals surface area contributed by atoms with E-state index < -0.39 is 0 Å².